The van der Waals surface area contributed by atoms with Gasteiger partial charge in [0.05, 0.1) is 18.8 Å². The normalized spacial score (nSPS) is 25.7. The summed E-state index contributed by atoms with van der Waals surface area (Å²) in [7, 11) is 3.40. The van der Waals surface area contributed by atoms with Crippen molar-refractivity contribution in [2.45, 2.75) is 12.7 Å². The van der Waals surface area contributed by atoms with Gasteiger partial charge in [-0.05, 0) is 11.1 Å². The molecule has 0 spiro atoms. The van der Waals surface area contributed by atoms with Crippen LogP contribution in [0.4, 0.5) is 0 Å². The van der Waals surface area contributed by atoms with Gasteiger partial charge in [-0.1, -0.05) is 0 Å². The smallest absolute Gasteiger partial charge is 0.251 e. The zero-order chi connectivity index (χ0) is 13.4. The molecule has 3 aliphatic rings. The molecular weight excluding hydrogens is 246 g/mol. The monoisotopic (exact) mass is 263 g/mol. The Morgan fingerprint density at radius 2 is 2.16 bits per heavy atom. The molecule has 1 amide bonds. The van der Waals surface area contributed by atoms with E-state index in [2.05, 4.69) is 15.6 Å². The summed E-state index contributed by atoms with van der Waals surface area (Å²) in [6, 6.07) is 0. The minimum Gasteiger partial charge on any atom is -0.373 e. The average Bonchev–Trinajstić information content (AvgIpc) is 2.87. The summed E-state index contributed by atoms with van der Waals surface area (Å²) in [6.07, 6.45) is 2.36. The fourth-order valence-corrected chi connectivity index (χ4v) is 2.63. The molecule has 6 heteroatoms. The number of allylic oxidation sites excluding steroid dienone is 1. The first-order valence-electron chi connectivity index (χ1n) is 6.40. The van der Waals surface area contributed by atoms with Gasteiger partial charge in [-0.2, -0.15) is 0 Å². The second-order valence-electron chi connectivity index (χ2n) is 4.64. The van der Waals surface area contributed by atoms with Crippen LogP contribution in [0.25, 0.3) is 0 Å². The molecule has 1 atom stereocenters. The maximum Gasteiger partial charge on any atom is 0.251 e. The van der Waals surface area contributed by atoms with E-state index >= 15 is 0 Å². The molecule has 0 radical (unpaired) electrons. The number of carbonyl (C=O) groups excluding carboxylic acids is 1. The maximum absolute atomic E-state index is 12.0. The highest BCUT2D eigenvalue weighted by Crippen LogP contribution is 2.49. The summed E-state index contributed by atoms with van der Waals surface area (Å²) in [6.45, 7) is 1.29. The molecule has 0 aromatic carbocycles. The Balaban J connectivity index is 1.78. The summed E-state index contributed by atoms with van der Waals surface area (Å²) < 4.78 is 10.9. The molecule has 2 N–H and O–H groups in total. The van der Waals surface area contributed by atoms with E-state index in [9.17, 15) is 4.79 Å². The Labute approximate surface area is 111 Å². The summed E-state index contributed by atoms with van der Waals surface area (Å²) >= 11 is 0. The molecule has 2 heterocycles. The molecule has 0 bridgehead atoms. The average molecular weight is 263 g/mol. The second-order valence-corrected chi connectivity index (χ2v) is 4.64. The summed E-state index contributed by atoms with van der Waals surface area (Å²) in [5, 5.41) is 5.64. The Kier molecular flexibility index (Phi) is 3.12. The van der Waals surface area contributed by atoms with E-state index in [1.807, 2.05) is 6.21 Å². The van der Waals surface area contributed by atoms with Crippen LogP contribution in [0.5, 0.6) is 0 Å². The van der Waals surface area contributed by atoms with Crippen molar-refractivity contribution in [2.24, 2.45) is 10.9 Å². The van der Waals surface area contributed by atoms with E-state index in [-0.39, 0.29) is 18.1 Å². The van der Waals surface area contributed by atoms with Gasteiger partial charge in [-0.25, -0.2) is 4.99 Å². The minimum atomic E-state index is -0.175. The minimum absolute atomic E-state index is 0.0766. The number of nitrogens with zero attached hydrogens (tertiary/aromatic N) is 1. The van der Waals surface area contributed by atoms with Crippen molar-refractivity contribution in [3.63, 3.8) is 0 Å². The van der Waals surface area contributed by atoms with Gasteiger partial charge >= 0.3 is 0 Å². The van der Waals surface area contributed by atoms with Crippen molar-refractivity contribution in [3.05, 3.63) is 22.5 Å². The Morgan fingerprint density at radius 3 is 2.79 bits per heavy atom. The van der Waals surface area contributed by atoms with Gasteiger partial charge < -0.3 is 20.1 Å². The topological polar surface area (TPSA) is 72.0 Å². The van der Waals surface area contributed by atoms with E-state index in [0.717, 1.165) is 5.57 Å². The van der Waals surface area contributed by atoms with Crippen molar-refractivity contribution < 1.29 is 14.3 Å². The third-order valence-electron chi connectivity index (χ3n) is 3.61. The number of ether oxygens (including phenoxy) is 2. The van der Waals surface area contributed by atoms with Gasteiger partial charge in [-0.15, -0.1) is 0 Å². The van der Waals surface area contributed by atoms with Crippen molar-refractivity contribution in [2.75, 3.05) is 27.3 Å². The zero-order valence-electron chi connectivity index (χ0n) is 11.0. The Bertz CT molecular complexity index is 501. The van der Waals surface area contributed by atoms with Crippen molar-refractivity contribution in [3.8, 4) is 0 Å². The summed E-state index contributed by atoms with van der Waals surface area (Å²) in [5.41, 5.74) is 3.01. The predicted octanol–water partition coefficient (Wildman–Crippen LogP) is -0.0628. The highest BCUT2D eigenvalue weighted by molar-refractivity contribution is 6.04. The van der Waals surface area contributed by atoms with Crippen molar-refractivity contribution >= 4 is 12.1 Å². The van der Waals surface area contributed by atoms with Crippen LogP contribution in [0.2, 0.25) is 0 Å². The number of nitrogens with one attached hydrogen (secondary N) is 2. The van der Waals surface area contributed by atoms with Crippen LogP contribution in [-0.2, 0) is 14.3 Å². The molecule has 6 nitrogen and oxygen atoms in total. The Hall–Kier alpha value is -1.66. The first kappa shape index (κ1) is 12.4. The number of hydrogen-bond acceptors (Lipinski definition) is 5. The fraction of sp³-hybridized carbons (Fsp3) is 0.538. The van der Waals surface area contributed by atoms with Gasteiger partial charge in [0.15, 0.2) is 6.29 Å². The molecule has 3 rings (SSSR count). The number of rotatable bonds is 4. The van der Waals surface area contributed by atoms with Crippen LogP contribution in [0.1, 0.15) is 6.42 Å². The quantitative estimate of drug-likeness (QED) is 0.745. The van der Waals surface area contributed by atoms with Crippen LogP contribution in [0, 0.1) is 5.92 Å². The number of hydrogen-bond donors (Lipinski definition) is 2. The molecule has 1 aliphatic carbocycles. The van der Waals surface area contributed by atoms with Crippen LogP contribution < -0.4 is 10.6 Å². The van der Waals surface area contributed by atoms with Crippen LogP contribution >= 0.6 is 0 Å². The highest BCUT2D eigenvalue weighted by atomic mass is 16.7. The van der Waals surface area contributed by atoms with E-state index in [4.69, 9.17) is 9.47 Å². The molecule has 19 heavy (non-hydrogen) atoms. The van der Waals surface area contributed by atoms with Gasteiger partial charge in [-0.3, -0.25) is 4.79 Å². The maximum atomic E-state index is 12.0. The molecular formula is C13H17N3O3. The third kappa shape index (κ3) is 2.06. The number of likely N-dealkylation sites (N-methyl/N-ethyl adjacent to an activating group) is 1. The summed E-state index contributed by atoms with van der Waals surface area (Å²) in [5.74, 6) is 0.621. The third-order valence-corrected chi connectivity index (χ3v) is 3.61. The molecule has 2 aliphatic heterocycles. The standard InChI is InChI=1S/C13H17N3O3/c1-14-12-11(13(17)15-2)10-7(8(10)6-16-12)5-9-18-3-4-19-9/h6,9-10,14H,3-5H2,1-2H3,(H,15,17). The van der Waals surface area contributed by atoms with E-state index in [1.54, 1.807) is 14.1 Å². The first-order chi connectivity index (χ1) is 9.26. The summed E-state index contributed by atoms with van der Waals surface area (Å²) in [4.78, 5) is 16.3. The largest absolute Gasteiger partial charge is 0.373 e. The van der Waals surface area contributed by atoms with Crippen LogP contribution in [-0.4, -0.2) is 45.7 Å². The van der Waals surface area contributed by atoms with Gasteiger partial charge in [0, 0.05) is 32.6 Å². The molecule has 1 saturated heterocycles. The lowest BCUT2D eigenvalue weighted by molar-refractivity contribution is -0.117. The molecule has 1 unspecified atom stereocenters. The van der Waals surface area contributed by atoms with E-state index in [1.165, 1.54) is 5.57 Å². The number of amides is 1. The molecule has 0 aromatic rings. The number of aliphatic imine (C=N–C) groups is 1. The lowest BCUT2D eigenvalue weighted by atomic mass is 10.0. The lowest BCUT2D eigenvalue weighted by Gasteiger charge is -2.14. The van der Waals surface area contributed by atoms with Crippen molar-refractivity contribution in [1.82, 2.24) is 10.6 Å². The van der Waals surface area contributed by atoms with Gasteiger partial charge in [0.1, 0.15) is 5.82 Å². The van der Waals surface area contributed by atoms with Gasteiger partial charge in [0.25, 0.3) is 5.91 Å². The first-order valence-corrected chi connectivity index (χ1v) is 6.40. The highest BCUT2D eigenvalue weighted by Gasteiger charge is 2.45. The van der Waals surface area contributed by atoms with Crippen LogP contribution in [0.3, 0.4) is 0 Å². The predicted molar refractivity (Wildman–Crippen MR) is 69.5 cm³/mol. The second kappa shape index (κ2) is 4.79. The molecule has 102 valence electrons. The molecule has 0 saturated carbocycles. The van der Waals surface area contributed by atoms with E-state index in [0.29, 0.717) is 31.0 Å². The number of fused-ring (bicyclic) bond motifs is 1. The lowest BCUT2D eigenvalue weighted by Crippen LogP contribution is -2.27. The SMILES string of the molecule is CNC(=O)C1=C(NC)N=CC2=C(CC3OCCO3)C21. The number of carbonyl (C=O) groups is 1. The van der Waals surface area contributed by atoms with Crippen molar-refractivity contribution in [1.29, 1.82) is 0 Å². The van der Waals surface area contributed by atoms with Gasteiger partial charge in [0.2, 0.25) is 0 Å². The fourth-order valence-electron chi connectivity index (χ4n) is 2.63. The molecule has 1 fully saturated rings. The van der Waals surface area contributed by atoms with E-state index < -0.39 is 0 Å². The Morgan fingerprint density at radius 1 is 1.42 bits per heavy atom. The zero-order valence-corrected chi connectivity index (χ0v) is 11.0. The van der Waals surface area contributed by atoms with Crippen LogP contribution in [0.15, 0.2) is 27.5 Å². The molecule has 0 aromatic heterocycles.